The summed E-state index contributed by atoms with van der Waals surface area (Å²) in [5, 5.41) is 6.90. The highest BCUT2D eigenvalue weighted by Gasteiger charge is 2.57. The number of piperidine rings is 1. The lowest BCUT2D eigenvalue weighted by Gasteiger charge is -2.35. The molecule has 1 aliphatic heterocycles. The average molecular weight is 322 g/mol. The van der Waals surface area contributed by atoms with Gasteiger partial charge in [-0.2, -0.15) is 0 Å². The summed E-state index contributed by atoms with van der Waals surface area (Å²) >= 11 is 0. The third kappa shape index (κ3) is 3.90. The van der Waals surface area contributed by atoms with E-state index in [1.807, 2.05) is 0 Å². The van der Waals surface area contributed by atoms with Crippen LogP contribution in [0.25, 0.3) is 0 Å². The summed E-state index contributed by atoms with van der Waals surface area (Å²) in [6.45, 7) is 10.1. The summed E-state index contributed by atoms with van der Waals surface area (Å²) in [4.78, 5) is 15.3. The number of nitrogens with zero attached hydrogens (tertiary/aromatic N) is 1. The fourth-order valence-corrected chi connectivity index (χ4v) is 4.91. The molecular weight excluding hydrogens is 286 g/mol. The minimum Gasteiger partial charge on any atom is -0.353 e. The lowest BCUT2D eigenvalue weighted by atomic mass is 9.83. The van der Waals surface area contributed by atoms with Crippen LogP contribution in [0, 0.1) is 17.3 Å². The van der Waals surface area contributed by atoms with Gasteiger partial charge in [0.25, 0.3) is 0 Å². The van der Waals surface area contributed by atoms with E-state index in [1.165, 1.54) is 38.5 Å². The van der Waals surface area contributed by atoms with Gasteiger partial charge in [0.05, 0.1) is 0 Å². The van der Waals surface area contributed by atoms with Gasteiger partial charge in [0.2, 0.25) is 5.91 Å². The van der Waals surface area contributed by atoms with E-state index in [9.17, 15) is 4.79 Å². The molecule has 1 spiro atoms. The number of hydrogen-bond donors (Lipinski definition) is 2. The second-order valence-corrected chi connectivity index (χ2v) is 8.01. The van der Waals surface area contributed by atoms with Gasteiger partial charge in [-0.15, -0.1) is 0 Å². The van der Waals surface area contributed by atoms with Crippen LogP contribution in [0.4, 0.5) is 0 Å². The van der Waals surface area contributed by atoms with Crippen LogP contribution in [0.15, 0.2) is 0 Å². The van der Waals surface area contributed by atoms with Crippen molar-refractivity contribution in [3.63, 3.8) is 0 Å². The molecule has 3 rings (SSSR count). The Morgan fingerprint density at radius 3 is 2.57 bits per heavy atom. The third-order valence-corrected chi connectivity index (χ3v) is 6.73. The summed E-state index contributed by atoms with van der Waals surface area (Å²) in [5.74, 6) is 1.32. The Morgan fingerprint density at radius 1 is 1.17 bits per heavy atom. The Morgan fingerprint density at radius 2 is 1.87 bits per heavy atom. The van der Waals surface area contributed by atoms with Gasteiger partial charge in [-0.3, -0.25) is 4.79 Å². The van der Waals surface area contributed by atoms with Crippen molar-refractivity contribution in [2.24, 2.45) is 17.3 Å². The molecule has 0 radical (unpaired) electrons. The number of amides is 1. The van der Waals surface area contributed by atoms with Crippen molar-refractivity contribution >= 4 is 5.91 Å². The number of rotatable bonds is 6. The molecule has 1 amide bonds. The molecule has 2 saturated carbocycles. The molecule has 2 aliphatic carbocycles. The van der Waals surface area contributed by atoms with E-state index in [-0.39, 0.29) is 0 Å². The molecule has 3 atom stereocenters. The molecule has 4 heteroatoms. The Hall–Kier alpha value is -0.610. The molecule has 23 heavy (non-hydrogen) atoms. The third-order valence-electron chi connectivity index (χ3n) is 6.73. The normalized spacial score (nSPS) is 32.9. The largest absolute Gasteiger partial charge is 0.353 e. The summed E-state index contributed by atoms with van der Waals surface area (Å²) < 4.78 is 0. The van der Waals surface area contributed by atoms with Crippen molar-refractivity contribution in [2.75, 3.05) is 32.7 Å². The van der Waals surface area contributed by atoms with Crippen molar-refractivity contribution in [3.05, 3.63) is 0 Å². The minimum absolute atomic E-state index is 0.306. The summed E-state index contributed by atoms with van der Waals surface area (Å²) in [5.41, 5.74) is 0.359. The van der Waals surface area contributed by atoms with Crippen molar-refractivity contribution in [2.45, 2.75) is 64.8 Å². The predicted octanol–water partition coefficient (Wildman–Crippen LogP) is 2.39. The lowest BCUT2D eigenvalue weighted by molar-refractivity contribution is -0.124. The first-order chi connectivity index (χ1) is 11.2. The highest BCUT2D eigenvalue weighted by atomic mass is 16.2. The zero-order valence-electron chi connectivity index (χ0n) is 15.1. The zero-order chi connectivity index (χ0) is 16.3. The number of hydrogen-bond acceptors (Lipinski definition) is 3. The fourth-order valence-electron chi connectivity index (χ4n) is 4.91. The summed E-state index contributed by atoms with van der Waals surface area (Å²) in [6, 6.07) is 0.413. The van der Waals surface area contributed by atoms with E-state index in [4.69, 9.17) is 0 Å². The van der Waals surface area contributed by atoms with Crippen LogP contribution in [0.1, 0.15) is 58.8 Å². The average Bonchev–Trinajstić information content (AvgIpc) is 3.27. The van der Waals surface area contributed by atoms with Gasteiger partial charge in [0.15, 0.2) is 0 Å². The highest BCUT2D eigenvalue weighted by molar-refractivity contribution is 5.83. The van der Waals surface area contributed by atoms with Gasteiger partial charge in [-0.1, -0.05) is 26.7 Å². The molecule has 132 valence electrons. The van der Waals surface area contributed by atoms with Gasteiger partial charge >= 0.3 is 0 Å². The topological polar surface area (TPSA) is 44.4 Å². The van der Waals surface area contributed by atoms with Gasteiger partial charge in [0, 0.05) is 18.5 Å². The van der Waals surface area contributed by atoms with E-state index in [0.717, 1.165) is 39.1 Å². The second-order valence-electron chi connectivity index (χ2n) is 8.01. The Labute approximate surface area is 141 Å². The molecular formula is C19H35N3O. The Kier molecular flexibility index (Phi) is 5.63. The zero-order valence-corrected chi connectivity index (χ0v) is 15.1. The van der Waals surface area contributed by atoms with E-state index in [0.29, 0.717) is 29.2 Å². The van der Waals surface area contributed by atoms with E-state index >= 15 is 0 Å². The Bertz CT molecular complexity index is 401. The Balaban J connectivity index is 1.53. The maximum Gasteiger partial charge on any atom is 0.223 e. The first-order valence-corrected chi connectivity index (χ1v) is 9.92. The molecule has 0 aromatic carbocycles. The second kappa shape index (κ2) is 7.52. The van der Waals surface area contributed by atoms with Crippen molar-refractivity contribution < 1.29 is 4.79 Å². The smallest absolute Gasteiger partial charge is 0.223 e. The lowest BCUT2D eigenvalue weighted by Crippen LogP contribution is -2.47. The van der Waals surface area contributed by atoms with Crippen LogP contribution in [0.2, 0.25) is 0 Å². The minimum atomic E-state index is 0.306. The van der Waals surface area contributed by atoms with Crippen LogP contribution in [0.3, 0.4) is 0 Å². The molecule has 3 unspecified atom stereocenters. The first kappa shape index (κ1) is 17.2. The molecule has 0 aromatic heterocycles. The molecule has 0 aromatic rings. The maximum atomic E-state index is 12.8. The number of carbonyl (C=O) groups excluding carboxylic acids is 1. The molecule has 4 nitrogen and oxygen atoms in total. The van der Waals surface area contributed by atoms with Crippen LogP contribution in [-0.2, 0) is 4.79 Å². The molecule has 3 fully saturated rings. The molecule has 1 saturated heterocycles. The summed E-state index contributed by atoms with van der Waals surface area (Å²) in [6.07, 6.45) is 8.59. The monoisotopic (exact) mass is 321 g/mol. The first-order valence-electron chi connectivity index (χ1n) is 9.92. The van der Waals surface area contributed by atoms with Crippen LogP contribution >= 0.6 is 0 Å². The summed E-state index contributed by atoms with van der Waals surface area (Å²) in [7, 11) is 0. The fraction of sp³-hybridized carbons (Fsp3) is 0.947. The van der Waals surface area contributed by atoms with Crippen LogP contribution in [-0.4, -0.2) is 49.6 Å². The van der Waals surface area contributed by atoms with Crippen LogP contribution < -0.4 is 10.6 Å². The predicted molar refractivity (Wildman–Crippen MR) is 94.3 cm³/mol. The highest BCUT2D eigenvalue weighted by Crippen LogP contribution is 2.58. The number of carbonyl (C=O) groups is 1. The van der Waals surface area contributed by atoms with Gasteiger partial charge in [0.1, 0.15) is 0 Å². The standard InChI is InChI=1S/C19H35N3O/c1-3-22(4-2)14-15-7-5-6-8-17(15)21-18(23)16-13-19(16)9-11-20-12-10-19/h15-17,20H,3-14H2,1-2H3,(H,21,23). The van der Waals surface area contributed by atoms with Crippen molar-refractivity contribution in [1.82, 2.24) is 15.5 Å². The van der Waals surface area contributed by atoms with E-state index in [1.54, 1.807) is 0 Å². The molecule has 1 heterocycles. The van der Waals surface area contributed by atoms with E-state index < -0.39 is 0 Å². The van der Waals surface area contributed by atoms with Crippen molar-refractivity contribution in [1.29, 1.82) is 0 Å². The van der Waals surface area contributed by atoms with Crippen molar-refractivity contribution in [3.8, 4) is 0 Å². The number of nitrogens with one attached hydrogen (secondary N) is 2. The van der Waals surface area contributed by atoms with Gasteiger partial charge in [-0.05, 0) is 69.6 Å². The molecule has 0 bridgehead atoms. The quantitative estimate of drug-likeness (QED) is 0.789. The van der Waals surface area contributed by atoms with Gasteiger partial charge < -0.3 is 15.5 Å². The molecule has 3 aliphatic rings. The van der Waals surface area contributed by atoms with E-state index in [2.05, 4.69) is 29.4 Å². The SMILES string of the molecule is CCN(CC)CC1CCCCC1NC(=O)C1CC12CCNCC2. The van der Waals surface area contributed by atoms with Crippen LogP contribution in [0.5, 0.6) is 0 Å². The van der Waals surface area contributed by atoms with Gasteiger partial charge in [-0.25, -0.2) is 0 Å². The maximum absolute atomic E-state index is 12.8. The molecule has 2 N–H and O–H groups in total.